The molecule has 0 saturated heterocycles. The second kappa shape index (κ2) is 8.55. The zero-order valence-electron chi connectivity index (χ0n) is 14.8. The molecule has 0 radical (unpaired) electrons. The highest BCUT2D eigenvalue weighted by Gasteiger charge is 2.19. The van der Waals surface area contributed by atoms with Crippen molar-refractivity contribution >= 4 is 11.9 Å². The lowest BCUT2D eigenvalue weighted by molar-refractivity contribution is -0.129. The van der Waals surface area contributed by atoms with E-state index in [1.807, 2.05) is 0 Å². The van der Waals surface area contributed by atoms with Crippen LogP contribution in [-0.2, 0) is 16.1 Å². The summed E-state index contributed by atoms with van der Waals surface area (Å²) in [5.41, 5.74) is 0.905. The van der Waals surface area contributed by atoms with E-state index in [9.17, 15) is 18.4 Å². The van der Waals surface area contributed by atoms with Gasteiger partial charge in [0.1, 0.15) is 5.75 Å². The van der Waals surface area contributed by atoms with Crippen molar-refractivity contribution in [1.29, 1.82) is 0 Å². The first kappa shape index (κ1) is 19.4. The van der Waals surface area contributed by atoms with E-state index in [0.29, 0.717) is 11.5 Å². The van der Waals surface area contributed by atoms with Crippen LogP contribution in [0.2, 0.25) is 0 Å². The molecule has 2 aromatic rings. The molecule has 7 nitrogen and oxygen atoms in total. The Morgan fingerprint density at radius 1 is 1.11 bits per heavy atom. The number of esters is 1. The second-order valence-corrected chi connectivity index (χ2v) is 5.86. The minimum atomic E-state index is -2.95. The second-order valence-electron chi connectivity index (χ2n) is 5.86. The molecule has 0 bridgehead atoms. The van der Waals surface area contributed by atoms with Crippen molar-refractivity contribution < 1.29 is 37.3 Å². The minimum absolute atomic E-state index is 0.0823. The average Bonchev–Trinajstić information content (AvgIpc) is 3.13. The molecule has 0 aromatic heterocycles. The number of ether oxygens (including phenoxy) is 4. The molecule has 28 heavy (non-hydrogen) atoms. The molecular weight excluding hydrogens is 376 g/mol. The number of nitrogens with one attached hydrogen (secondary N) is 1. The van der Waals surface area contributed by atoms with Gasteiger partial charge >= 0.3 is 12.6 Å². The fraction of sp³-hybridized carbons (Fsp3) is 0.263. The van der Waals surface area contributed by atoms with Crippen LogP contribution in [0.3, 0.4) is 0 Å². The molecule has 1 aliphatic heterocycles. The molecule has 2 aromatic carbocycles. The first-order valence-corrected chi connectivity index (χ1v) is 8.34. The molecule has 0 aliphatic carbocycles. The number of halogens is 2. The van der Waals surface area contributed by atoms with E-state index in [1.54, 1.807) is 18.2 Å². The molecule has 9 heteroatoms. The Kier molecular flexibility index (Phi) is 5.93. The highest BCUT2D eigenvalue weighted by Crippen LogP contribution is 2.32. The van der Waals surface area contributed by atoms with E-state index in [4.69, 9.17) is 14.2 Å². The van der Waals surface area contributed by atoms with Crippen molar-refractivity contribution in [3.05, 3.63) is 53.6 Å². The molecular formula is C19H17F2NO6. The summed E-state index contributed by atoms with van der Waals surface area (Å²) in [4.78, 5) is 24.2. The summed E-state index contributed by atoms with van der Waals surface area (Å²) >= 11 is 0. The number of alkyl halides is 2. The Hall–Kier alpha value is -3.36. The van der Waals surface area contributed by atoms with Crippen LogP contribution < -0.4 is 19.5 Å². The van der Waals surface area contributed by atoms with Crippen molar-refractivity contribution in [2.24, 2.45) is 0 Å². The lowest BCUT2D eigenvalue weighted by atomic mass is 10.2. The number of amides is 1. The smallest absolute Gasteiger partial charge is 0.387 e. The standard InChI is InChI=1S/C19H17F2NO6/c1-11(27-18(24)13-3-5-14(6-4-13)28-19(20)21)17(23)22-9-12-2-7-15-16(8-12)26-10-25-15/h2-8,11,19H,9-10H2,1H3,(H,22,23)/t11-/m0/s1. The van der Waals surface area contributed by atoms with Crippen molar-refractivity contribution in [2.75, 3.05) is 6.79 Å². The maximum Gasteiger partial charge on any atom is 0.387 e. The molecule has 3 rings (SSSR count). The number of hydrogen-bond acceptors (Lipinski definition) is 6. The van der Waals surface area contributed by atoms with Crippen LogP contribution in [0.4, 0.5) is 8.78 Å². The normalized spacial score (nSPS) is 13.1. The lowest BCUT2D eigenvalue weighted by Crippen LogP contribution is -2.35. The van der Waals surface area contributed by atoms with Gasteiger partial charge in [0.25, 0.3) is 5.91 Å². The first-order chi connectivity index (χ1) is 13.4. The molecule has 0 fully saturated rings. The molecule has 1 aliphatic rings. The fourth-order valence-electron chi connectivity index (χ4n) is 2.44. The Morgan fingerprint density at radius 3 is 2.54 bits per heavy atom. The van der Waals surface area contributed by atoms with E-state index in [-0.39, 0.29) is 24.7 Å². The van der Waals surface area contributed by atoms with Crippen LogP contribution in [0.25, 0.3) is 0 Å². The van der Waals surface area contributed by atoms with Gasteiger partial charge in [0.2, 0.25) is 6.79 Å². The predicted octanol–water partition coefficient (Wildman–Crippen LogP) is 2.88. The molecule has 148 valence electrons. The number of carbonyl (C=O) groups is 2. The number of benzene rings is 2. The van der Waals surface area contributed by atoms with Gasteiger partial charge in [-0.15, -0.1) is 0 Å². The van der Waals surface area contributed by atoms with E-state index in [0.717, 1.165) is 5.56 Å². The van der Waals surface area contributed by atoms with E-state index >= 15 is 0 Å². The quantitative estimate of drug-likeness (QED) is 0.729. The molecule has 0 unspecified atom stereocenters. The van der Waals surface area contributed by atoms with Gasteiger partial charge in [-0.1, -0.05) is 6.07 Å². The third kappa shape index (κ3) is 4.87. The third-order valence-corrected chi connectivity index (χ3v) is 3.87. The van der Waals surface area contributed by atoms with Crippen LogP contribution in [0.1, 0.15) is 22.8 Å². The molecule has 1 heterocycles. The zero-order valence-corrected chi connectivity index (χ0v) is 14.8. The van der Waals surface area contributed by atoms with E-state index in [1.165, 1.54) is 31.2 Å². The van der Waals surface area contributed by atoms with Gasteiger partial charge in [-0.3, -0.25) is 4.79 Å². The van der Waals surface area contributed by atoms with Crippen molar-refractivity contribution in [2.45, 2.75) is 26.2 Å². The topological polar surface area (TPSA) is 83.1 Å². The Labute approximate surface area is 159 Å². The SMILES string of the molecule is C[C@H](OC(=O)c1ccc(OC(F)F)cc1)C(=O)NCc1ccc2c(c1)OCO2. The van der Waals surface area contributed by atoms with Crippen molar-refractivity contribution in [1.82, 2.24) is 5.32 Å². The van der Waals surface area contributed by atoms with Gasteiger partial charge in [0.15, 0.2) is 17.6 Å². The maximum atomic E-state index is 12.1. The predicted molar refractivity (Wildman–Crippen MR) is 92.4 cm³/mol. The Balaban J connectivity index is 1.50. The summed E-state index contributed by atoms with van der Waals surface area (Å²) in [6.45, 7) is -1.14. The highest BCUT2D eigenvalue weighted by molar-refractivity contribution is 5.92. The number of rotatable bonds is 7. The summed E-state index contributed by atoms with van der Waals surface area (Å²) in [5.74, 6) is -0.0769. The van der Waals surface area contributed by atoms with Crippen LogP contribution in [-0.4, -0.2) is 31.4 Å². The van der Waals surface area contributed by atoms with Gasteiger partial charge in [-0.25, -0.2) is 4.79 Å². The van der Waals surface area contributed by atoms with Gasteiger partial charge in [-0.05, 0) is 48.9 Å². The van der Waals surface area contributed by atoms with E-state index < -0.39 is 24.6 Å². The summed E-state index contributed by atoms with van der Waals surface area (Å²) in [6, 6.07) is 10.3. The van der Waals surface area contributed by atoms with Crippen molar-refractivity contribution in [3.63, 3.8) is 0 Å². The molecule has 1 atom stereocenters. The molecule has 1 amide bonds. The maximum absolute atomic E-state index is 12.1. The molecule has 0 spiro atoms. The van der Waals surface area contributed by atoms with E-state index in [2.05, 4.69) is 10.1 Å². The van der Waals surface area contributed by atoms with Crippen LogP contribution in [0, 0.1) is 0 Å². The largest absolute Gasteiger partial charge is 0.454 e. The van der Waals surface area contributed by atoms with Gasteiger partial charge in [0, 0.05) is 6.54 Å². The first-order valence-electron chi connectivity index (χ1n) is 8.34. The summed E-state index contributed by atoms with van der Waals surface area (Å²) < 4.78 is 44.0. The monoisotopic (exact) mass is 393 g/mol. The zero-order chi connectivity index (χ0) is 20.1. The van der Waals surface area contributed by atoms with Crippen LogP contribution >= 0.6 is 0 Å². The Bertz CT molecular complexity index is 856. The molecule has 1 N–H and O–H groups in total. The van der Waals surface area contributed by atoms with Crippen LogP contribution in [0.5, 0.6) is 17.2 Å². The van der Waals surface area contributed by atoms with Gasteiger partial charge in [-0.2, -0.15) is 8.78 Å². The van der Waals surface area contributed by atoms with Gasteiger partial charge < -0.3 is 24.3 Å². The highest BCUT2D eigenvalue weighted by atomic mass is 19.3. The Morgan fingerprint density at radius 2 is 1.82 bits per heavy atom. The minimum Gasteiger partial charge on any atom is -0.454 e. The third-order valence-electron chi connectivity index (χ3n) is 3.87. The number of fused-ring (bicyclic) bond motifs is 1. The lowest BCUT2D eigenvalue weighted by Gasteiger charge is -2.14. The number of hydrogen-bond donors (Lipinski definition) is 1. The number of carbonyl (C=O) groups excluding carboxylic acids is 2. The van der Waals surface area contributed by atoms with Crippen molar-refractivity contribution in [3.8, 4) is 17.2 Å². The average molecular weight is 393 g/mol. The summed E-state index contributed by atoms with van der Waals surface area (Å²) in [7, 11) is 0. The summed E-state index contributed by atoms with van der Waals surface area (Å²) in [6.07, 6.45) is -1.04. The van der Waals surface area contributed by atoms with Gasteiger partial charge in [0.05, 0.1) is 5.56 Å². The van der Waals surface area contributed by atoms with Crippen LogP contribution in [0.15, 0.2) is 42.5 Å². The fourth-order valence-corrected chi connectivity index (χ4v) is 2.44. The summed E-state index contributed by atoms with van der Waals surface area (Å²) in [5, 5.41) is 2.66. The molecule has 0 saturated carbocycles.